The average molecular weight is 372 g/mol. The zero-order valence-electron chi connectivity index (χ0n) is 14.8. The summed E-state index contributed by atoms with van der Waals surface area (Å²) < 4.78 is 23.0. The number of nitrogens with zero attached hydrogens (tertiary/aromatic N) is 1. The molecule has 0 radical (unpaired) electrons. The number of carbonyl (C=O) groups excluding carboxylic acids is 2. The maximum atomic E-state index is 12.3. The molecular weight excluding hydrogens is 352 g/mol. The van der Waals surface area contributed by atoms with Crippen molar-refractivity contribution in [2.45, 2.75) is 11.8 Å². The summed E-state index contributed by atoms with van der Waals surface area (Å²) in [4.78, 5) is 24.9. The fourth-order valence-electron chi connectivity index (χ4n) is 2.20. The molecule has 0 saturated heterocycles. The fourth-order valence-corrected chi connectivity index (χ4v) is 2.83. The van der Waals surface area contributed by atoms with Crippen LogP contribution in [0.4, 0.5) is 11.4 Å². The van der Waals surface area contributed by atoms with Crippen LogP contribution in [0.15, 0.2) is 59.5 Å². The highest BCUT2D eigenvalue weighted by Gasteiger charge is 2.10. The molecule has 2 amide bonds. The van der Waals surface area contributed by atoms with E-state index in [1.165, 1.54) is 30.0 Å². The van der Waals surface area contributed by atoms with Gasteiger partial charge in [-0.05, 0) is 48.0 Å². The van der Waals surface area contributed by atoms with E-state index in [0.717, 1.165) is 11.8 Å². The predicted molar refractivity (Wildman–Crippen MR) is 103 cm³/mol. The van der Waals surface area contributed by atoms with E-state index in [0.29, 0.717) is 11.4 Å². The zero-order chi connectivity index (χ0) is 19.3. The van der Waals surface area contributed by atoms with Gasteiger partial charge in [0.1, 0.15) is 0 Å². The highest BCUT2D eigenvalue weighted by Crippen LogP contribution is 2.18. The second-order valence-electron chi connectivity index (χ2n) is 5.80. The number of benzene rings is 2. The minimum absolute atomic E-state index is 0.146. The number of carbonyl (C=O) groups is 2. The van der Waals surface area contributed by atoms with Crippen molar-refractivity contribution in [1.82, 2.24) is 0 Å². The first-order chi connectivity index (χ1) is 12.2. The van der Waals surface area contributed by atoms with Gasteiger partial charge in [-0.2, -0.15) is 0 Å². The summed E-state index contributed by atoms with van der Waals surface area (Å²) in [5.41, 5.74) is 2.09. The van der Waals surface area contributed by atoms with Gasteiger partial charge in [0.2, 0.25) is 5.91 Å². The maximum Gasteiger partial charge on any atom is 0.250 e. The first-order valence-corrected chi connectivity index (χ1v) is 9.69. The Morgan fingerprint density at radius 3 is 2.08 bits per heavy atom. The molecule has 7 heteroatoms. The number of hydrogen-bond donors (Lipinski definition) is 1. The third-order valence-corrected chi connectivity index (χ3v) is 4.76. The molecule has 0 aliphatic rings. The summed E-state index contributed by atoms with van der Waals surface area (Å²) in [6.07, 6.45) is 4.23. The Labute approximate surface area is 153 Å². The van der Waals surface area contributed by atoms with Crippen LogP contribution >= 0.6 is 0 Å². The van der Waals surface area contributed by atoms with E-state index in [-0.39, 0.29) is 16.7 Å². The van der Waals surface area contributed by atoms with Crippen LogP contribution in [0.1, 0.15) is 12.5 Å². The molecule has 26 heavy (non-hydrogen) atoms. The molecule has 0 saturated carbocycles. The summed E-state index contributed by atoms with van der Waals surface area (Å²) in [6.45, 7) is 1.44. The number of amides is 2. The molecule has 2 aromatic rings. The van der Waals surface area contributed by atoms with Crippen LogP contribution in [-0.4, -0.2) is 33.5 Å². The van der Waals surface area contributed by atoms with E-state index in [4.69, 9.17) is 0 Å². The number of rotatable bonds is 5. The first kappa shape index (κ1) is 19.4. The molecule has 0 spiro atoms. The lowest BCUT2D eigenvalue weighted by Gasteiger charge is -2.15. The van der Waals surface area contributed by atoms with Gasteiger partial charge in [-0.25, -0.2) is 8.42 Å². The molecule has 0 bridgehead atoms. The van der Waals surface area contributed by atoms with Gasteiger partial charge >= 0.3 is 0 Å². The molecule has 0 unspecified atom stereocenters. The number of nitrogens with one attached hydrogen (secondary N) is 1. The molecule has 0 fully saturated rings. The molecule has 6 nitrogen and oxygen atoms in total. The molecule has 136 valence electrons. The lowest BCUT2D eigenvalue weighted by atomic mass is 10.2. The first-order valence-electron chi connectivity index (χ1n) is 7.80. The summed E-state index contributed by atoms with van der Waals surface area (Å²) in [7, 11) is -1.65. The van der Waals surface area contributed by atoms with Gasteiger partial charge in [-0.1, -0.05) is 12.1 Å². The molecule has 0 aromatic heterocycles. The number of sulfone groups is 1. The maximum absolute atomic E-state index is 12.3. The van der Waals surface area contributed by atoms with E-state index in [1.54, 1.807) is 49.5 Å². The molecule has 2 aromatic carbocycles. The molecule has 1 N–H and O–H groups in total. The highest BCUT2D eigenvalue weighted by atomic mass is 32.2. The summed E-state index contributed by atoms with van der Waals surface area (Å²) in [5.74, 6) is -0.393. The van der Waals surface area contributed by atoms with Crippen LogP contribution in [0.25, 0.3) is 6.08 Å². The average Bonchev–Trinajstić information content (AvgIpc) is 2.59. The van der Waals surface area contributed by atoms with Gasteiger partial charge < -0.3 is 10.2 Å². The van der Waals surface area contributed by atoms with Crippen molar-refractivity contribution in [2.75, 3.05) is 23.5 Å². The normalized spacial score (nSPS) is 11.3. The second-order valence-corrected chi connectivity index (χ2v) is 7.82. The van der Waals surface area contributed by atoms with Gasteiger partial charge in [0.15, 0.2) is 9.84 Å². The quantitative estimate of drug-likeness (QED) is 0.818. The van der Waals surface area contributed by atoms with E-state index in [9.17, 15) is 18.0 Å². The smallest absolute Gasteiger partial charge is 0.250 e. The van der Waals surface area contributed by atoms with Gasteiger partial charge in [-0.15, -0.1) is 0 Å². The number of anilines is 2. The molecule has 0 atom stereocenters. The van der Waals surface area contributed by atoms with Crippen molar-refractivity contribution >= 4 is 39.1 Å². The fraction of sp³-hybridized carbons (Fsp3) is 0.158. The van der Waals surface area contributed by atoms with E-state index < -0.39 is 9.84 Å². The van der Waals surface area contributed by atoms with Gasteiger partial charge in [-0.3, -0.25) is 9.59 Å². The van der Waals surface area contributed by atoms with E-state index in [2.05, 4.69) is 5.32 Å². The van der Waals surface area contributed by atoms with Crippen molar-refractivity contribution in [3.8, 4) is 0 Å². The topological polar surface area (TPSA) is 83.6 Å². The van der Waals surface area contributed by atoms with Crippen LogP contribution < -0.4 is 10.2 Å². The highest BCUT2D eigenvalue weighted by molar-refractivity contribution is 7.90. The Hall–Kier alpha value is -2.93. The lowest BCUT2D eigenvalue weighted by molar-refractivity contribution is -0.114. The standard InChI is InChI=1S/C19H20N2O4S/c1-14(22)20-16-7-4-15(5-8-16)6-13-19(23)21(2)17-9-11-18(12-10-17)26(3,24)25/h4-13H,1-3H3,(H,20,22)/b13-6+. The third kappa shape index (κ3) is 5.29. The van der Waals surface area contributed by atoms with Crippen LogP contribution in [0, 0.1) is 0 Å². The lowest BCUT2D eigenvalue weighted by Crippen LogP contribution is -2.23. The molecular formula is C19H20N2O4S. The van der Waals surface area contributed by atoms with Crippen molar-refractivity contribution in [3.63, 3.8) is 0 Å². The van der Waals surface area contributed by atoms with Crippen LogP contribution in [0.3, 0.4) is 0 Å². The monoisotopic (exact) mass is 372 g/mol. The molecule has 0 heterocycles. The number of hydrogen-bond acceptors (Lipinski definition) is 4. The molecule has 0 aliphatic carbocycles. The third-order valence-electron chi connectivity index (χ3n) is 3.63. The van der Waals surface area contributed by atoms with Crippen molar-refractivity contribution in [2.24, 2.45) is 0 Å². The summed E-state index contributed by atoms with van der Waals surface area (Å²) in [5, 5.41) is 2.67. The largest absolute Gasteiger partial charge is 0.326 e. The summed E-state index contributed by atoms with van der Waals surface area (Å²) >= 11 is 0. The Morgan fingerprint density at radius 1 is 1.00 bits per heavy atom. The Balaban J connectivity index is 2.06. The van der Waals surface area contributed by atoms with Gasteiger partial charge in [0, 0.05) is 37.7 Å². The SMILES string of the molecule is CC(=O)Nc1ccc(/C=C/C(=O)N(C)c2ccc(S(C)(=O)=O)cc2)cc1. The predicted octanol–water partition coefficient (Wildman–Crippen LogP) is 2.72. The molecule has 0 aliphatic heterocycles. The van der Waals surface area contributed by atoms with Gasteiger partial charge in [0.05, 0.1) is 4.90 Å². The van der Waals surface area contributed by atoms with Gasteiger partial charge in [0.25, 0.3) is 5.91 Å². The van der Waals surface area contributed by atoms with Crippen molar-refractivity contribution < 1.29 is 18.0 Å². The Kier molecular flexibility index (Phi) is 5.94. The van der Waals surface area contributed by atoms with Crippen LogP contribution in [0.5, 0.6) is 0 Å². The minimum atomic E-state index is -3.27. The van der Waals surface area contributed by atoms with Crippen molar-refractivity contribution in [3.05, 3.63) is 60.2 Å². The van der Waals surface area contributed by atoms with Crippen molar-refractivity contribution in [1.29, 1.82) is 0 Å². The molecule has 2 rings (SSSR count). The van der Waals surface area contributed by atoms with E-state index in [1.807, 2.05) is 0 Å². The summed E-state index contributed by atoms with van der Waals surface area (Å²) in [6, 6.07) is 13.2. The second kappa shape index (κ2) is 7.97. The Morgan fingerprint density at radius 2 is 1.58 bits per heavy atom. The number of likely N-dealkylation sites (N-methyl/N-ethyl adjacent to an activating group) is 1. The Bertz CT molecular complexity index is 931. The van der Waals surface area contributed by atoms with Crippen LogP contribution in [-0.2, 0) is 19.4 Å². The van der Waals surface area contributed by atoms with E-state index >= 15 is 0 Å². The zero-order valence-corrected chi connectivity index (χ0v) is 15.6. The minimum Gasteiger partial charge on any atom is -0.326 e. The van der Waals surface area contributed by atoms with Crippen LogP contribution in [0.2, 0.25) is 0 Å².